The highest BCUT2D eigenvalue weighted by Gasteiger charge is 2.38. The van der Waals surface area contributed by atoms with Gasteiger partial charge >= 0.3 is 12.1 Å². The average Bonchev–Trinajstić information content (AvgIpc) is 2.84. The molecule has 1 N–H and O–H groups in total. The first-order valence-electron chi connectivity index (χ1n) is 6.46. The van der Waals surface area contributed by atoms with E-state index in [1.54, 1.807) is 18.2 Å². The Hall–Kier alpha value is -2.49. The molecule has 0 unspecified atom stereocenters. The lowest BCUT2D eigenvalue weighted by Crippen LogP contribution is -2.09. The number of alkyl halides is 3. The lowest BCUT2D eigenvalue weighted by molar-refractivity contribution is -0.141. The number of methoxy groups -OCH3 is 1. The Morgan fingerprint density at radius 2 is 2.08 bits per heavy atom. The van der Waals surface area contributed by atoms with Crippen LogP contribution >= 0.6 is 11.8 Å². The normalized spacial score (nSPS) is 11.9. The predicted molar refractivity (Wildman–Crippen MR) is 79.5 cm³/mol. The number of ether oxygens (including phenoxy) is 1. The summed E-state index contributed by atoms with van der Waals surface area (Å²) in [6.07, 6.45) is -4.05. The van der Waals surface area contributed by atoms with Crippen molar-refractivity contribution in [3.05, 3.63) is 41.1 Å². The van der Waals surface area contributed by atoms with Crippen molar-refractivity contribution in [1.82, 2.24) is 9.78 Å². The van der Waals surface area contributed by atoms with Gasteiger partial charge in [-0.15, -0.1) is 0 Å². The predicted octanol–water partition coefficient (Wildman–Crippen LogP) is 3.18. The average molecular weight is 359 g/mol. The summed E-state index contributed by atoms with van der Waals surface area (Å²) >= 11 is 0.885. The highest BCUT2D eigenvalue weighted by atomic mass is 32.2. The maximum Gasteiger partial charge on any atom is 0.435 e. The zero-order chi connectivity index (χ0) is 17.9. The van der Waals surface area contributed by atoms with Crippen molar-refractivity contribution >= 4 is 23.9 Å². The van der Waals surface area contributed by atoms with Crippen LogP contribution in [0.25, 0.3) is 0 Å². The smallest absolute Gasteiger partial charge is 0.435 e. The molecule has 24 heavy (non-hydrogen) atoms. The van der Waals surface area contributed by atoms with Crippen LogP contribution in [-0.4, -0.2) is 34.3 Å². The lowest BCUT2D eigenvalue weighted by atomic mass is 10.2. The number of aryl methyl sites for hydroxylation is 1. The molecule has 1 heterocycles. The number of nitrogens with zero attached hydrogens (tertiary/aromatic N) is 3. The molecule has 0 bridgehead atoms. The van der Waals surface area contributed by atoms with E-state index in [0.717, 1.165) is 16.4 Å². The Morgan fingerprint density at radius 3 is 2.67 bits per heavy atom. The van der Waals surface area contributed by atoms with E-state index in [0.29, 0.717) is 11.1 Å². The number of carbonyl (C=O) groups is 1. The summed E-state index contributed by atoms with van der Waals surface area (Å²) < 4.78 is 44.9. The molecule has 2 rings (SSSR count). The van der Waals surface area contributed by atoms with Crippen LogP contribution in [0.3, 0.4) is 0 Å². The first-order valence-corrected chi connectivity index (χ1v) is 7.28. The van der Waals surface area contributed by atoms with Gasteiger partial charge in [-0.05, 0) is 12.1 Å². The van der Waals surface area contributed by atoms with E-state index < -0.39 is 23.4 Å². The number of carbonyl (C=O) groups excluding carboxylic acids is 1. The van der Waals surface area contributed by atoms with Crippen LogP contribution in [0.4, 0.5) is 13.2 Å². The van der Waals surface area contributed by atoms with Crippen LogP contribution in [0.5, 0.6) is 0 Å². The van der Waals surface area contributed by atoms with Crippen molar-refractivity contribution in [2.24, 2.45) is 12.2 Å². The molecule has 0 spiro atoms. The molecule has 1 aromatic carbocycles. The second kappa shape index (κ2) is 6.95. The molecule has 0 fully saturated rings. The molecule has 0 amide bonds. The van der Waals surface area contributed by atoms with Crippen molar-refractivity contribution in [2.45, 2.75) is 16.1 Å². The van der Waals surface area contributed by atoms with E-state index in [4.69, 9.17) is 5.21 Å². The topological polar surface area (TPSA) is 76.7 Å². The van der Waals surface area contributed by atoms with E-state index in [2.05, 4.69) is 15.0 Å². The molecule has 0 saturated carbocycles. The van der Waals surface area contributed by atoms with E-state index >= 15 is 0 Å². The molecule has 1 aromatic heterocycles. The monoisotopic (exact) mass is 359 g/mol. The van der Waals surface area contributed by atoms with Crippen molar-refractivity contribution < 1.29 is 27.9 Å². The van der Waals surface area contributed by atoms with Crippen LogP contribution in [0.15, 0.2) is 39.3 Å². The molecule has 0 radical (unpaired) electrons. The molecule has 0 saturated heterocycles. The number of aromatic nitrogens is 2. The number of hydrogen-bond donors (Lipinski definition) is 1. The van der Waals surface area contributed by atoms with Crippen LogP contribution in [0, 0.1) is 0 Å². The third-order valence-corrected chi connectivity index (χ3v) is 4.24. The van der Waals surface area contributed by atoms with Crippen LogP contribution in [0.1, 0.15) is 21.6 Å². The van der Waals surface area contributed by atoms with Crippen molar-refractivity contribution in [1.29, 1.82) is 0 Å². The zero-order valence-electron chi connectivity index (χ0n) is 12.5. The Bertz CT molecular complexity index is 787. The zero-order valence-corrected chi connectivity index (χ0v) is 13.4. The minimum atomic E-state index is -4.71. The van der Waals surface area contributed by atoms with Gasteiger partial charge in [-0.2, -0.15) is 18.3 Å². The van der Waals surface area contributed by atoms with Gasteiger partial charge in [0.2, 0.25) is 0 Å². The summed E-state index contributed by atoms with van der Waals surface area (Å²) in [5.74, 6) is -0.617. The standard InChI is InChI=1S/C14H12F3N3O3S/c1-20-12(9(7-18-22)11(19-20)14(15,16)17)24-10-6-4-3-5-8(10)13(21)23-2/h3-7,22H,1-2H3/b18-7+. The van der Waals surface area contributed by atoms with E-state index in [9.17, 15) is 18.0 Å². The number of oxime groups is 1. The highest BCUT2D eigenvalue weighted by molar-refractivity contribution is 7.99. The number of halogens is 3. The Balaban J connectivity index is 2.56. The molecule has 0 atom stereocenters. The van der Waals surface area contributed by atoms with Crippen LogP contribution in [-0.2, 0) is 18.0 Å². The largest absolute Gasteiger partial charge is 0.465 e. The van der Waals surface area contributed by atoms with Gasteiger partial charge in [0.05, 0.1) is 24.5 Å². The van der Waals surface area contributed by atoms with Crippen LogP contribution < -0.4 is 0 Å². The quantitative estimate of drug-likeness (QED) is 0.393. The second-order valence-corrected chi connectivity index (χ2v) is 5.55. The number of esters is 1. The van der Waals surface area contributed by atoms with Crippen molar-refractivity contribution in [2.75, 3.05) is 7.11 Å². The van der Waals surface area contributed by atoms with Gasteiger partial charge in [0.1, 0.15) is 5.03 Å². The van der Waals surface area contributed by atoms with E-state index in [-0.39, 0.29) is 10.6 Å². The Kier molecular flexibility index (Phi) is 5.17. The molecule has 0 aliphatic rings. The van der Waals surface area contributed by atoms with Gasteiger partial charge in [-0.25, -0.2) is 4.79 Å². The number of rotatable bonds is 4. The highest BCUT2D eigenvalue weighted by Crippen LogP contribution is 2.38. The number of benzene rings is 1. The molecular weight excluding hydrogens is 347 g/mol. The summed E-state index contributed by atoms with van der Waals surface area (Å²) in [6.45, 7) is 0. The Labute approximate surface area is 138 Å². The van der Waals surface area contributed by atoms with E-state index in [1.165, 1.54) is 20.2 Å². The summed E-state index contributed by atoms with van der Waals surface area (Å²) in [5, 5.41) is 14.9. The summed E-state index contributed by atoms with van der Waals surface area (Å²) in [5.41, 5.74) is -1.37. The summed E-state index contributed by atoms with van der Waals surface area (Å²) in [4.78, 5) is 12.2. The lowest BCUT2D eigenvalue weighted by Gasteiger charge is -2.08. The summed E-state index contributed by atoms with van der Waals surface area (Å²) in [6, 6.07) is 6.30. The maximum absolute atomic E-state index is 13.1. The molecule has 10 heteroatoms. The Morgan fingerprint density at radius 1 is 1.42 bits per heavy atom. The van der Waals surface area contributed by atoms with Gasteiger partial charge in [-0.1, -0.05) is 29.1 Å². The molecule has 2 aromatic rings. The van der Waals surface area contributed by atoms with Gasteiger partial charge < -0.3 is 9.94 Å². The van der Waals surface area contributed by atoms with Gasteiger partial charge in [0, 0.05) is 11.9 Å². The van der Waals surface area contributed by atoms with Gasteiger partial charge in [0.15, 0.2) is 5.69 Å². The minimum absolute atomic E-state index is 0.0662. The first kappa shape index (κ1) is 17.9. The second-order valence-electron chi connectivity index (χ2n) is 4.52. The minimum Gasteiger partial charge on any atom is -0.465 e. The van der Waals surface area contributed by atoms with Gasteiger partial charge in [0.25, 0.3) is 0 Å². The van der Waals surface area contributed by atoms with Crippen molar-refractivity contribution in [3.8, 4) is 0 Å². The van der Waals surface area contributed by atoms with Crippen molar-refractivity contribution in [3.63, 3.8) is 0 Å². The first-order chi connectivity index (χ1) is 11.3. The fourth-order valence-corrected chi connectivity index (χ4v) is 3.02. The summed E-state index contributed by atoms with van der Waals surface area (Å²) in [7, 11) is 2.53. The van der Waals surface area contributed by atoms with Crippen LogP contribution in [0.2, 0.25) is 0 Å². The maximum atomic E-state index is 13.1. The molecule has 0 aliphatic carbocycles. The van der Waals surface area contributed by atoms with E-state index in [1.807, 2.05) is 0 Å². The molecule has 128 valence electrons. The number of hydrogen-bond acceptors (Lipinski definition) is 6. The fourth-order valence-electron chi connectivity index (χ4n) is 1.97. The third kappa shape index (κ3) is 3.53. The molecule has 0 aliphatic heterocycles. The SMILES string of the molecule is COC(=O)c1ccccc1Sc1c(/C=N/O)c(C(F)(F)F)nn1C. The fraction of sp³-hybridized carbons (Fsp3) is 0.214. The third-order valence-electron chi connectivity index (χ3n) is 2.98. The molecule has 6 nitrogen and oxygen atoms in total. The molecular formula is C14H12F3N3O3S. The van der Waals surface area contributed by atoms with Gasteiger partial charge in [-0.3, -0.25) is 4.68 Å².